The van der Waals surface area contributed by atoms with Crippen LogP contribution in [0.15, 0.2) is 54.6 Å². The molecule has 1 aliphatic carbocycles. The highest BCUT2D eigenvalue weighted by Crippen LogP contribution is 2.24. The monoisotopic (exact) mass is 380 g/mol. The molecule has 6 heteroatoms. The lowest BCUT2D eigenvalue weighted by molar-refractivity contribution is 0.0917. The van der Waals surface area contributed by atoms with Gasteiger partial charge in [-0.2, -0.15) is 0 Å². The topological polar surface area (TPSA) is 59.8 Å². The van der Waals surface area contributed by atoms with Crippen LogP contribution in [0, 0.1) is 0 Å². The van der Waals surface area contributed by atoms with Crippen LogP contribution >= 0.6 is 11.6 Å². The Morgan fingerprint density at radius 2 is 1.81 bits per heavy atom. The van der Waals surface area contributed by atoms with Crippen LogP contribution in [0.3, 0.4) is 0 Å². The molecule has 0 unspecified atom stereocenters. The molecular weight excluding hydrogens is 360 g/mol. The van der Waals surface area contributed by atoms with Crippen molar-refractivity contribution in [2.45, 2.75) is 38.1 Å². The third-order valence-corrected chi connectivity index (χ3v) is 5.07. The fourth-order valence-electron chi connectivity index (χ4n) is 3.47. The zero-order chi connectivity index (χ0) is 18.6. The van der Waals surface area contributed by atoms with Gasteiger partial charge in [-0.25, -0.2) is 9.67 Å². The van der Waals surface area contributed by atoms with Crippen molar-refractivity contribution in [3.05, 3.63) is 65.4 Å². The van der Waals surface area contributed by atoms with Gasteiger partial charge >= 0.3 is 0 Å². The number of hydrogen-bond donors (Lipinski definition) is 1. The van der Waals surface area contributed by atoms with E-state index in [9.17, 15) is 4.79 Å². The Labute approximate surface area is 163 Å². The Bertz CT molecular complexity index is 932. The largest absolute Gasteiger partial charge is 0.347 e. The van der Waals surface area contributed by atoms with E-state index in [0.29, 0.717) is 10.8 Å². The fourth-order valence-corrected chi connectivity index (χ4v) is 3.66. The Hall–Kier alpha value is -2.66. The maximum Gasteiger partial charge on any atom is 0.291 e. The molecule has 1 saturated carbocycles. The lowest BCUT2D eigenvalue weighted by Gasteiger charge is -2.21. The minimum absolute atomic E-state index is 0.180. The number of aromatic nitrogens is 3. The molecular formula is C21H21ClN4O. The van der Waals surface area contributed by atoms with Crippen LogP contribution in [0.5, 0.6) is 0 Å². The Kier molecular flexibility index (Phi) is 5.21. The van der Waals surface area contributed by atoms with E-state index in [-0.39, 0.29) is 17.8 Å². The quantitative estimate of drug-likeness (QED) is 0.716. The minimum atomic E-state index is -0.222. The van der Waals surface area contributed by atoms with E-state index in [1.165, 1.54) is 6.42 Å². The van der Waals surface area contributed by atoms with E-state index in [0.717, 1.165) is 36.9 Å². The van der Waals surface area contributed by atoms with Gasteiger partial charge in [0.15, 0.2) is 5.82 Å². The van der Waals surface area contributed by atoms with Crippen LogP contribution in [0.4, 0.5) is 0 Å². The molecule has 4 rings (SSSR count). The van der Waals surface area contributed by atoms with E-state index in [1.807, 2.05) is 54.6 Å². The summed E-state index contributed by atoms with van der Waals surface area (Å²) in [6.07, 6.45) is 5.60. The third-order valence-electron chi connectivity index (χ3n) is 4.83. The Morgan fingerprint density at radius 1 is 1.04 bits per heavy atom. The third kappa shape index (κ3) is 4.03. The van der Waals surface area contributed by atoms with E-state index >= 15 is 0 Å². The number of hydrogen-bond acceptors (Lipinski definition) is 3. The van der Waals surface area contributed by atoms with Crippen molar-refractivity contribution in [2.24, 2.45) is 0 Å². The van der Waals surface area contributed by atoms with Crippen LogP contribution in [-0.2, 0) is 0 Å². The molecule has 0 bridgehead atoms. The highest BCUT2D eigenvalue weighted by molar-refractivity contribution is 6.30. The summed E-state index contributed by atoms with van der Waals surface area (Å²) in [4.78, 5) is 17.3. The molecule has 1 fully saturated rings. The standard InChI is InChI=1S/C21H21ClN4O/c22-16-9-7-8-15(14-16)20-24-19(21(27)23-17-10-3-1-4-11-17)25-26(20)18-12-5-2-6-13-18/h2,5-9,12-14,17H,1,3-4,10-11H2,(H,23,27). The minimum Gasteiger partial charge on any atom is -0.347 e. The number of rotatable bonds is 4. The molecule has 1 heterocycles. The van der Waals surface area contributed by atoms with Crippen LogP contribution in [0.25, 0.3) is 17.1 Å². The van der Waals surface area contributed by atoms with E-state index < -0.39 is 0 Å². The summed E-state index contributed by atoms with van der Waals surface area (Å²) in [6, 6.07) is 17.3. The number of carbonyl (C=O) groups is 1. The van der Waals surface area contributed by atoms with Gasteiger partial charge in [-0.05, 0) is 37.1 Å². The zero-order valence-electron chi connectivity index (χ0n) is 14.9. The summed E-state index contributed by atoms with van der Waals surface area (Å²) in [5.74, 6) is 0.553. The van der Waals surface area contributed by atoms with Crippen molar-refractivity contribution >= 4 is 17.5 Å². The van der Waals surface area contributed by atoms with Crippen molar-refractivity contribution in [3.8, 4) is 17.1 Å². The Balaban J connectivity index is 1.70. The van der Waals surface area contributed by atoms with Crippen LogP contribution in [0.1, 0.15) is 42.7 Å². The van der Waals surface area contributed by atoms with Gasteiger partial charge in [0.2, 0.25) is 5.82 Å². The second-order valence-electron chi connectivity index (χ2n) is 6.83. The fraction of sp³-hybridized carbons (Fsp3) is 0.286. The van der Waals surface area contributed by atoms with Gasteiger partial charge < -0.3 is 5.32 Å². The van der Waals surface area contributed by atoms with Gasteiger partial charge in [0.1, 0.15) is 0 Å². The van der Waals surface area contributed by atoms with Crippen molar-refractivity contribution < 1.29 is 4.79 Å². The maximum absolute atomic E-state index is 12.7. The second kappa shape index (κ2) is 7.92. The summed E-state index contributed by atoms with van der Waals surface area (Å²) < 4.78 is 1.70. The molecule has 0 spiro atoms. The number of nitrogens with one attached hydrogen (secondary N) is 1. The van der Waals surface area contributed by atoms with Gasteiger partial charge in [-0.1, -0.05) is 61.2 Å². The van der Waals surface area contributed by atoms with Crippen molar-refractivity contribution in [3.63, 3.8) is 0 Å². The molecule has 0 saturated heterocycles. The summed E-state index contributed by atoms with van der Waals surface area (Å²) in [6.45, 7) is 0. The lowest BCUT2D eigenvalue weighted by Crippen LogP contribution is -2.36. The van der Waals surface area contributed by atoms with Crippen molar-refractivity contribution in [2.75, 3.05) is 0 Å². The molecule has 1 aromatic heterocycles. The van der Waals surface area contributed by atoms with Gasteiger partial charge in [0, 0.05) is 16.6 Å². The molecule has 3 aromatic rings. The molecule has 1 amide bonds. The number of carbonyl (C=O) groups excluding carboxylic acids is 1. The van der Waals surface area contributed by atoms with Crippen molar-refractivity contribution in [1.29, 1.82) is 0 Å². The average molecular weight is 381 g/mol. The smallest absolute Gasteiger partial charge is 0.291 e. The first-order chi connectivity index (χ1) is 13.2. The van der Waals surface area contributed by atoms with Crippen molar-refractivity contribution in [1.82, 2.24) is 20.1 Å². The van der Waals surface area contributed by atoms with Gasteiger partial charge in [-0.15, -0.1) is 5.10 Å². The first kappa shape index (κ1) is 17.7. The van der Waals surface area contributed by atoms with Crippen LogP contribution in [0.2, 0.25) is 5.02 Å². The average Bonchev–Trinajstić information content (AvgIpc) is 3.15. The number of para-hydroxylation sites is 1. The molecule has 1 N–H and O–H groups in total. The zero-order valence-corrected chi connectivity index (χ0v) is 15.7. The first-order valence-corrected chi connectivity index (χ1v) is 9.68. The molecule has 5 nitrogen and oxygen atoms in total. The second-order valence-corrected chi connectivity index (χ2v) is 7.26. The molecule has 138 valence electrons. The molecule has 27 heavy (non-hydrogen) atoms. The predicted molar refractivity (Wildman–Crippen MR) is 106 cm³/mol. The maximum atomic E-state index is 12.7. The number of halogens is 1. The Morgan fingerprint density at radius 3 is 2.56 bits per heavy atom. The van der Waals surface area contributed by atoms with E-state index in [1.54, 1.807) is 4.68 Å². The molecule has 1 aliphatic rings. The summed E-state index contributed by atoms with van der Waals surface area (Å²) in [7, 11) is 0. The molecule has 0 aliphatic heterocycles. The van der Waals surface area contributed by atoms with Gasteiger partial charge in [0.25, 0.3) is 5.91 Å². The van der Waals surface area contributed by atoms with Gasteiger partial charge in [0.05, 0.1) is 5.69 Å². The number of benzene rings is 2. The lowest BCUT2D eigenvalue weighted by atomic mass is 9.95. The SMILES string of the molecule is O=C(NC1CCCCC1)c1nc(-c2cccc(Cl)c2)n(-c2ccccc2)n1. The van der Waals surface area contributed by atoms with E-state index in [4.69, 9.17) is 11.6 Å². The summed E-state index contributed by atoms with van der Waals surface area (Å²) in [5, 5.41) is 8.20. The van der Waals surface area contributed by atoms with E-state index in [2.05, 4.69) is 15.4 Å². The molecule has 0 radical (unpaired) electrons. The van der Waals surface area contributed by atoms with Gasteiger partial charge in [-0.3, -0.25) is 4.79 Å². The predicted octanol–water partition coefficient (Wildman–Crippen LogP) is 4.65. The molecule has 0 atom stereocenters. The van der Waals surface area contributed by atoms with Crippen LogP contribution in [-0.4, -0.2) is 26.7 Å². The summed E-state index contributed by atoms with van der Waals surface area (Å²) in [5.41, 5.74) is 1.66. The van der Waals surface area contributed by atoms with Crippen LogP contribution < -0.4 is 5.32 Å². The summed E-state index contributed by atoms with van der Waals surface area (Å²) >= 11 is 6.15. The number of amides is 1. The highest BCUT2D eigenvalue weighted by Gasteiger charge is 2.22. The number of nitrogens with zero attached hydrogens (tertiary/aromatic N) is 3. The first-order valence-electron chi connectivity index (χ1n) is 9.30. The molecule has 2 aromatic carbocycles. The normalized spacial score (nSPS) is 14.9. The highest BCUT2D eigenvalue weighted by atomic mass is 35.5.